The van der Waals surface area contributed by atoms with Gasteiger partial charge in [0.25, 0.3) is 5.91 Å². The van der Waals surface area contributed by atoms with Crippen LogP contribution in [0.2, 0.25) is 0 Å². The van der Waals surface area contributed by atoms with Crippen LogP contribution in [0.25, 0.3) is 0 Å². The molecule has 7 nitrogen and oxygen atoms in total. The molecule has 0 unspecified atom stereocenters. The number of nitrogens with zero attached hydrogens (tertiary/aromatic N) is 1. The summed E-state index contributed by atoms with van der Waals surface area (Å²) in [5.74, 6) is 0.533. The van der Waals surface area contributed by atoms with E-state index < -0.39 is 0 Å². The van der Waals surface area contributed by atoms with Crippen molar-refractivity contribution in [2.45, 2.75) is 18.9 Å². The topological polar surface area (TPSA) is 93.9 Å². The zero-order valence-electron chi connectivity index (χ0n) is 11.7. The molecule has 2 aliphatic rings. The summed E-state index contributed by atoms with van der Waals surface area (Å²) < 4.78 is 10.4. The largest absolute Gasteiger partial charge is 0.454 e. The second-order valence-corrected chi connectivity index (χ2v) is 5.30. The number of nitrogen functional groups attached to an aromatic ring is 1. The van der Waals surface area contributed by atoms with E-state index in [0.29, 0.717) is 22.7 Å². The van der Waals surface area contributed by atoms with Crippen LogP contribution in [0.1, 0.15) is 23.2 Å². The lowest BCUT2D eigenvalue weighted by molar-refractivity contribution is -0.121. The lowest BCUT2D eigenvalue weighted by Crippen LogP contribution is -2.39. The summed E-state index contributed by atoms with van der Waals surface area (Å²) in [5, 5.41) is 2.84. The molecule has 3 rings (SSSR count). The van der Waals surface area contributed by atoms with E-state index in [1.807, 2.05) is 0 Å². The Morgan fingerprint density at radius 1 is 1.33 bits per heavy atom. The van der Waals surface area contributed by atoms with Gasteiger partial charge in [-0.2, -0.15) is 0 Å². The summed E-state index contributed by atoms with van der Waals surface area (Å²) in [7, 11) is 1.57. The molecular weight excluding hydrogens is 274 g/mol. The Kier molecular flexibility index (Phi) is 3.32. The highest BCUT2D eigenvalue weighted by molar-refractivity contribution is 6.01. The van der Waals surface area contributed by atoms with Crippen molar-refractivity contribution in [3.63, 3.8) is 0 Å². The molecule has 0 aromatic heterocycles. The van der Waals surface area contributed by atoms with Gasteiger partial charge in [0.2, 0.25) is 12.7 Å². The van der Waals surface area contributed by atoms with Gasteiger partial charge >= 0.3 is 0 Å². The monoisotopic (exact) mass is 291 g/mol. The molecule has 3 N–H and O–H groups in total. The molecule has 1 aromatic carbocycles. The molecule has 0 atom stereocenters. The van der Waals surface area contributed by atoms with Gasteiger partial charge in [-0.05, 0) is 18.9 Å². The molecule has 1 aliphatic carbocycles. The number of hydrogen-bond donors (Lipinski definition) is 2. The van der Waals surface area contributed by atoms with Gasteiger partial charge in [-0.3, -0.25) is 9.59 Å². The first-order valence-electron chi connectivity index (χ1n) is 6.78. The van der Waals surface area contributed by atoms with Crippen molar-refractivity contribution >= 4 is 17.5 Å². The minimum Gasteiger partial charge on any atom is -0.454 e. The van der Waals surface area contributed by atoms with Gasteiger partial charge in [0, 0.05) is 24.8 Å². The predicted octanol–water partition coefficient (Wildman–Crippen LogP) is 0.348. The molecule has 21 heavy (non-hydrogen) atoms. The first-order valence-corrected chi connectivity index (χ1v) is 6.78. The molecule has 1 aliphatic heterocycles. The lowest BCUT2D eigenvalue weighted by Gasteiger charge is -2.18. The van der Waals surface area contributed by atoms with E-state index >= 15 is 0 Å². The fourth-order valence-electron chi connectivity index (χ4n) is 2.14. The predicted molar refractivity (Wildman–Crippen MR) is 75.1 cm³/mol. The third-order valence-electron chi connectivity index (χ3n) is 3.45. The second-order valence-electron chi connectivity index (χ2n) is 5.30. The molecule has 0 saturated heterocycles. The number of carbonyl (C=O) groups excluding carboxylic acids is 2. The lowest BCUT2D eigenvalue weighted by atomic mass is 10.1. The van der Waals surface area contributed by atoms with Crippen LogP contribution in [0.3, 0.4) is 0 Å². The van der Waals surface area contributed by atoms with Crippen molar-refractivity contribution in [2.75, 3.05) is 26.1 Å². The number of likely N-dealkylation sites (N-methyl/N-ethyl adjacent to an activating group) is 1. The highest BCUT2D eigenvalue weighted by Crippen LogP contribution is 2.36. The fraction of sp³-hybridized carbons (Fsp3) is 0.429. The minimum atomic E-state index is -0.322. The molecule has 0 radical (unpaired) electrons. The molecule has 2 amide bonds. The molecule has 0 bridgehead atoms. The van der Waals surface area contributed by atoms with Gasteiger partial charge in [0.1, 0.15) is 0 Å². The average Bonchev–Trinajstić information content (AvgIpc) is 3.12. The van der Waals surface area contributed by atoms with Crippen LogP contribution in [0.5, 0.6) is 11.5 Å². The SMILES string of the molecule is CN(CC(=O)NC1CC1)C(=O)c1cc2c(cc1N)OCO2. The Bertz CT molecular complexity index is 598. The number of carbonyl (C=O) groups is 2. The summed E-state index contributed by atoms with van der Waals surface area (Å²) in [6.45, 7) is 0.120. The van der Waals surface area contributed by atoms with E-state index in [4.69, 9.17) is 15.2 Å². The zero-order chi connectivity index (χ0) is 15.0. The van der Waals surface area contributed by atoms with Crippen LogP contribution < -0.4 is 20.5 Å². The molecule has 7 heteroatoms. The third kappa shape index (κ3) is 2.86. The van der Waals surface area contributed by atoms with Gasteiger partial charge in [-0.15, -0.1) is 0 Å². The third-order valence-corrected chi connectivity index (χ3v) is 3.45. The Balaban J connectivity index is 1.70. The van der Waals surface area contributed by atoms with E-state index in [1.54, 1.807) is 19.2 Å². The number of nitrogens with two attached hydrogens (primary N) is 1. The molecule has 1 saturated carbocycles. The second kappa shape index (κ2) is 5.16. The van der Waals surface area contributed by atoms with Crippen LogP contribution in [-0.4, -0.2) is 43.1 Å². The van der Waals surface area contributed by atoms with Gasteiger partial charge < -0.3 is 25.4 Å². The van der Waals surface area contributed by atoms with E-state index in [2.05, 4.69) is 5.32 Å². The number of rotatable bonds is 4. The van der Waals surface area contributed by atoms with Crippen molar-refractivity contribution in [1.82, 2.24) is 10.2 Å². The maximum atomic E-state index is 12.4. The average molecular weight is 291 g/mol. The summed E-state index contributed by atoms with van der Waals surface area (Å²) in [5.41, 5.74) is 6.48. The molecule has 1 aromatic rings. The van der Waals surface area contributed by atoms with Crippen molar-refractivity contribution < 1.29 is 19.1 Å². The van der Waals surface area contributed by atoms with E-state index in [-0.39, 0.29) is 31.2 Å². The van der Waals surface area contributed by atoms with Crippen LogP contribution in [0.15, 0.2) is 12.1 Å². The summed E-state index contributed by atoms with van der Waals surface area (Å²) >= 11 is 0. The number of fused-ring (bicyclic) bond motifs is 1. The van der Waals surface area contributed by atoms with Gasteiger partial charge in [0.15, 0.2) is 11.5 Å². The minimum absolute atomic E-state index is 0.00319. The smallest absolute Gasteiger partial charge is 0.256 e. The van der Waals surface area contributed by atoms with Crippen LogP contribution >= 0.6 is 0 Å². The number of benzene rings is 1. The molecular formula is C14H17N3O4. The molecule has 1 heterocycles. The maximum absolute atomic E-state index is 12.4. The summed E-state index contributed by atoms with van der Waals surface area (Å²) in [4.78, 5) is 25.4. The van der Waals surface area contributed by atoms with Crippen LogP contribution in [-0.2, 0) is 4.79 Å². The Morgan fingerprint density at radius 3 is 2.67 bits per heavy atom. The normalized spacial score (nSPS) is 15.7. The highest BCUT2D eigenvalue weighted by Gasteiger charge is 2.26. The van der Waals surface area contributed by atoms with Gasteiger partial charge in [-0.25, -0.2) is 0 Å². The summed E-state index contributed by atoms with van der Waals surface area (Å²) in [6.07, 6.45) is 2.02. The number of anilines is 1. The van der Waals surface area contributed by atoms with Gasteiger partial charge in [0.05, 0.1) is 12.1 Å². The number of hydrogen-bond acceptors (Lipinski definition) is 5. The first-order chi connectivity index (χ1) is 10.0. The van der Waals surface area contributed by atoms with Crippen molar-refractivity contribution in [3.05, 3.63) is 17.7 Å². The molecule has 112 valence electrons. The number of ether oxygens (including phenoxy) is 2. The Labute approximate surface area is 122 Å². The Hall–Kier alpha value is -2.44. The quantitative estimate of drug-likeness (QED) is 0.781. The zero-order valence-corrected chi connectivity index (χ0v) is 11.7. The number of amides is 2. The van der Waals surface area contributed by atoms with Crippen molar-refractivity contribution in [2.24, 2.45) is 0 Å². The summed E-state index contributed by atoms with van der Waals surface area (Å²) in [6, 6.07) is 3.39. The fourth-order valence-corrected chi connectivity index (χ4v) is 2.14. The van der Waals surface area contributed by atoms with Crippen molar-refractivity contribution in [3.8, 4) is 11.5 Å². The van der Waals surface area contributed by atoms with Crippen LogP contribution in [0, 0.1) is 0 Å². The molecule has 0 spiro atoms. The van der Waals surface area contributed by atoms with E-state index in [0.717, 1.165) is 12.8 Å². The van der Waals surface area contributed by atoms with E-state index in [1.165, 1.54) is 4.90 Å². The van der Waals surface area contributed by atoms with Crippen LogP contribution in [0.4, 0.5) is 5.69 Å². The number of nitrogens with one attached hydrogen (secondary N) is 1. The highest BCUT2D eigenvalue weighted by atomic mass is 16.7. The van der Waals surface area contributed by atoms with Gasteiger partial charge in [-0.1, -0.05) is 0 Å². The Morgan fingerprint density at radius 2 is 2.00 bits per heavy atom. The molecule has 1 fully saturated rings. The van der Waals surface area contributed by atoms with Crippen molar-refractivity contribution in [1.29, 1.82) is 0 Å². The maximum Gasteiger partial charge on any atom is 0.256 e. The first kappa shape index (κ1) is 13.5. The van der Waals surface area contributed by atoms with E-state index in [9.17, 15) is 9.59 Å². The standard InChI is InChI=1S/C14H17N3O4/c1-17(6-13(18)16-8-2-3-8)14(19)9-4-11-12(5-10(9)15)21-7-20-11/h4-5,8H,2-3,6-7,15H2,1H3,(H,16,18).